The average Bonchev–Trinajstić information content (AvgIpc) is 2.46. The molecule has 1 fully saturated rings. The van der Waals surface area contributed by atoms with Crippen LogP contribution in [0.4, 0.5) is 0 Å². The summed E-state index contributed by atoms with van der Waals surface area (Å²) in [7, 11) is 0. The predicted octanol–water partition coefficient (Wildman–Crippen LogP) is -0.0901. The van der Waals surface area contributed by atoms with Gasteiger partial charge in [0.15, 0.2) is 0 Å². The molecular formula is C13H18N4O2. The van der Waals surface area contributed by atoms with Crippen LogP contribution in [0.5, 0.6) is 0 Å². The molecule has 1 aliphatic rings. The zero-order chi connectivity index (χ0) is 13.7. The van der Waals surface area contributed by atoms with Crippen molar-refractivity contribution >= 4 is 11.8 Å². The van der Waals surface area contributed by atoms with Crippen LogP contribution in [0.2, 0.25) is 0 Å². The van der Waals surface area contributed by atoms with Crippen molar-refractivity contribution in [2.24, 2.45) is 11.7 Å². The fraction of sp³-hybridized carbons (Fsp3) is 0.462. The number of primary amides is 1. The van der Waals surface area contributed by atoms with Gasteiger partial charge in [-0.2, -0.15) is 0 Å². The highest BCUT2D eigenvalue weighted by molar-refractivity contribution is 5.95. The van der Waals surface area contributed by atoms with Gasteiger partial charge >= 0.3 is 0 Å². The molecule has 0 spiro atoms. The summed E-state index contributed by atoms with van der Waals surface area (Å²) in [5.74, 6) is -0.295. The number of hydrogen-bond donors (Lipinski definition) is 3. The maximum absolute atomic E-state index is 11.9. The van der Waals surface area contributed by atoms with E-state index in [-0.39, 0.29) is 5.91 Å². The molecule has 19 heavy (non-hydrogen) atoms. The molecule has 102 valence electrons. The van der Waals surface area contributed by atoms with E-state index in [1.165, 1.54) is 18.3 Å². The third kappa shape index (κ3) is 3.75. The van der Waals surface area contributed by atoms with Crippen LogP contribution < -0.4 is 16.4 Å². The highest BCUT2D eigenvalue weighted by Crippen LogP contribution is 2.08. The maximum Gasteiger partial charge on any atom is 0.269 e. The normalized spacial score (nSPS) is 18.8. The number of aromatic nitrogens is 1. The Balaban J connectivity index is 1.86. The molecule has 0 saturated carbocycles. The van der Waals surface area contributed by atoms with E-state index >= 15 is 0 Å². The van der Waals surface area contributed by atoms with Crippen LogP contribution in [-0.4, -0.2) is 36.4 Å². The molecule has 2 heterocycles. The van der Waals surface area contributed by atoms with Crippen LogP contribution >= 0.6 is 0 Å². The second-order valence-electron chi connectivity index (χ2n) is 4.72. The van der Waals surface area contributed by atoms with Gasteiger partial charge in [-0.05, 0) is 44.0 Å². The maximum atomic E-state index is 11.9. The number of nitrogens with two attached hydrogens (primary N) is 1. The first-order valence-electron chi connectivity index (χ1n) is 6.41. The van der Waals surface area contributed by atoms with Crippen molar-refractivity contribution in [2.45, 2.75) is 12.8 Å². The van der Waals surface area contributed by atoms with E-state index in [1.807, 2.05) is 0 Å². The molecule has 1 saturated heterocycles. The highest BCUT2D eigenvalue weighted by atomic mass is 16.2. The van der Waals surface area contributed by atoms with Gasteiger partial charge in [0.1, 0.15) is 5.69 Å². The number of nitrogens with one attached hydrogen (secondary N) is 2. The molecule has 2 rings (SSSR count). The minimum Gasteiger partial charge on any atom is -0.366 e. The third-order valence-electron chi connectivity index (χ3n) is 3.23. The number of pyridine rings is 1. The van der Waals surface area contributed by atoms with Gasteiger partial charge in [0.25, 0.3) is 5.91 Å². The van der Waals surface area contributed by atoms with Crippen LogP contribution in [0, 0.1) is 5.92 Å². The lowest BCUT2D eigenvalue weighted by Crippen LogP contribution is -2.38. The molecule has 1 aromatic heterocycles. The smallest absolute Gasteiger partial charge is 0.269 e. The molecular weight excluding hydrogens is 244 g/mol. The van der Waals surface area contributed by atoms with Crippen molar-refractivity contribution in [1.29, 1.82) is 0 Å². The summed E-state index contributed by atoms with van der Waals surface area (Å²) in [6, 6.07) is 3.01. The molecule has 2 amide bonds. The number of piperidine rings is 1. The Morgan fingerprint density at radius 2 is 2.32 bits per heavy atom. The summed E-state index contributed by atoms with van der Waals surface area (Å²) in [5, 5.41) is 6.16. The monoisotopic (exact) mass is 262 g/mol. The molecule has 0 bridgehead atoms. The van der Waals surface area contributed by atoms with Gasteiger partial charge in [-0.1, -0.05) is 0 Å². The zero-order valence-corrected chi connectivity index (χ0v) is 10.7. The molecule has 1 aliphatic heterocycles. The lowest BCUT2D eigenvalue weighted by Gasteiger charge is -2.22. The number of carbonyl (C=O) groups excluding carboxylic acids is 2. The van der Waals surface area contributed by atoms with Crippen molar-refractivity contribution in [3.05, 3.63) is 29.6 Å². The third-order valence-corrected chi connectivity index (χ3v) is 3.23. The summed E-state index contributed by atoms with van der Waals surface area (Å²) < 4.78 is 0. The second-order valence-corrected chi connectivity index (χ2v) is 4.72. The standard InChI is InChI=1S/C13H18N4O2/c14-12(18)10-3-4-11(16-8-10)13(19)17-7-9-2-1-5-15-6-9/h3-4,8-9,15H,1-2,5-7H2,(H2,14,18)(H,17,19). The quantitative estimate of drug-likeness (QED) is 0.706. The first-order valence-corrected chi connectivity index (χ1v) is 6.41. The van der Waals surface area contributed by atoms with Gasteiger partial charge in [-0.15, -0.1) is 0 Å². The summed E-state index contributed by atoms with van der Waals surface area (Å²) >= 11 is 0. The van der Waals surface area contributed by atoms with Crippen molar-refractivity contribution in [3.63, 3.8) is 0 Å². The van der Waals surface area contributed by atoms with Gasteiger partial charge in [0.05, 0.1) is 5.56 Å². The Kier molecular flexibility index (Phi) is 4.46. The number of nitrogens with zero attached hydrogens (tertiary/aromatic N) is 1. The Bertz CT molecular complexity index is 452. The van der Waals surface area contributed by atoms with E-state index in [0.717, 1.165) is 25.9 Å². The van der Waals surface area contributed by atoms with E-state index in [1.54, 1.807) is 0 Å². The zero-order valence-electron chi connectivity index (χ0n) is 10.7. The van der Waals surface area contributed by atoms with Crippen molar-refractivity contribution < 1.29 is 9.59 Å². The number of hydrogen-bond acceptors (Lipinski definition) is 4. The Morgan fingerprint density at radius 1 is 1.47 bits per heavy atom. The van der Waals surface area contributed by atoms with Gasteiger partial charge < -0.3 is 16.4 Å². The lowest BCUT2D eigenvalue weighted by molar-refractivity contribution is 0.0937. The van der Waals surface area contributed by atoms with Crippen LogP contribution in [0.25, 0.3) is 0 Å². The molecule has 6 nitrogen and oxygen atoms in total. The first kappa shape index (κ1) is 13.5. The second kappa shape index (κ2) is 6.29. The number of rotatable bonds is 4. The molecule has 1 aromatic rings. The fourth-order valence-electron chi connectivity index (χ4n) is 2.10. The molecule has 0 aromatic carbocycles. The average molecular weight is 262 g/mol. The predicted molar refractivity (Wildman–Crippen MR) is 70.7 cm³/mol. The minimum absolute atomic E-state index is 0.221. The summed E-state index contributed by atoms with van der Waals surface area (Å²) in [5.41, 5.74) is 5.71. The van der Waals surface area contributed by atoms with E-state index < -0.39 is 5.91 Å². The molecule has 6 heteroatoms. The minimum atomic E-state index is -0.548. The first-order chi connectivity index (χ1) is 9.16. The highest BCUT2D eigenvalue weighted by Gasteiger charge is 2.15. The van der Waals surface area contributed by atoms with E-state index in [4.69, 9.17) is 5.73 Å². The van der Waals surface area contributed by atoms with Crippen molar-refractivity contribution in [3.8, 4) is 0 Å². The Morgan fingerprint density at radius 3 is 2.89 bits per heavy atom. The SMILES string of the molecule is NC(=O)c1ccc(C(=O)NCC2CCCNC2)nc1. The lowest BCUT2D eigenvalue weighted by atomic mass is 10.00. The van der Waals surface area contributed by atoms with Gasteiger partial charge in [0.2, 0.25) is 5.91 Å². The van der Waals surface area contributed by atoms with Crippen LogP contribution in [0.15, 0.2) is 18.3 Å². The van der Waals surface area contributed by atoms with Crippen molar-refractivity contribution in [1.82, 2.24) is 15.6 Å². The molecule has 4 N–H and O–H groups in total. The topological polar surface area (TPSA) is 97.1 Å². The fourth-order valence-corrected chi connectivity index (χ4v) is 2.10. The molecule has 1 atom stereocenters. The largest absolute Gasteiger partial charge is 0.366 e. The number of carbonyl (C=O) groups is 2. The summed E-state index contributed by atoms with van der Waals surface area (Å²) in [6.45, 7) is 2.64. The van der Waals surface area contributed by atoms with Crippen molar-refractivity contribution in [2.75, 3.05) is 19.6 Å². The Labute approximate surface area is 111 Å². The van der Waals surface area contributed by atoms with E-state index in [9.17, 15) is 9.59 Å². The van der Waals surface area contributed by atoms with E-state index in [0.29, 0.717) is 23.7 Å². The van der Waals surface area contributed by atoms with Crippen LogP contribution in [-0.2, 0) is 0 Å². The summed E-state index contributed by atoms with van der Waals surface area (Å²) in [6.07, 6.45) is 3.59. The molecule has 1 unspecified atom stereocenters. The van der Waals surface area contributed by atoms with Crippen LogP contribution in [0.3, 0.4) is 0 Å². The van der Waals surface area contributed by atoms with E-state index in [2.05, 4.69) is 15.6 Å². The molecule has 0 aliphatic carbocycles. The van der Waals surface area contributed by atoms with Gasteiger partial charge in [-0.25, -0.2) is 0 Å². The molecule has 0 radical (unpaired) electrons. The Hall–Kier alpha value is -1.95. The summed E-state index contributed by atoms with van der Waals surface area (Å²) in [4.78, 5) is 26.7. The van der Waals surface area contributed by atoms with Gasteiger partial charge in [-0.3, -0.25) is 14.6 Å². The number of amides is 2. The van der Waals surface area contributed by atoms with Gasteiger partial charge in [0, 0.05) is 12.7 Å². The van der Waals surface area contributed by atoms with Crippen LogP contribution in [0.1, 0.15) is 33.7 Å².